The maximum Gasteiger partial charge on any atom is 0.418 e. The number of methoxy groups -OCH3 is 1. The Morgan fingerprint density at radius 2 is 1.69 bits per heavy atom. The van der Waals surface area contributed by atoms with Crippen LogP contribution in [0.2, 0.25) is 0 Å². The number of nitrogens with one attached hydrogen (secondary N) is 1. The Hall–Kier alpha value is -3.87. The summed E-state index contributed by atoms with van der Waals surface area (Å²) in [6.07, 6.45) is -3.26. The molecule has 0 spiro atoms. The van der Waals surface area contributed by atoms with Gasteiger partial charge >= 0.3 is 6.18 Å². The van der Waals surface area contributed by atoms with Crippen LogP contribution in [0.4, 0.5) is 18.9 Å². The van der Waals surface area contributed by atoms with Gasteiger partial charge in [-0.1, -0.05) is 54.6 Å². The molecule has 1 heterocycles. The maximum absolute atomic E-state index is 13.6. The first-order valence-electron chi connectivity index (χ1n) is 9.84. The van der Waals surface area contributed by atoms with Gasteiger partial charge in [-0.15, -0.1) is 0 Å². The highest BCUT2D eigenvalue weighted by Crippen LogP contribution is 2.38. The SMILES string of the molecule is COc1ccccc1NC(=O)Cc1cnc2c(C(F)(F)F)cccc2c1-c1ccccc1. The van der Waals surface area contributed by atoms with E-state index >= 15 is 0 Å². The van der Waals surface area contributed by atoms with Gasteiger partial charge in [-0.25, -0.2) is 0 Å². The highest BCUT2D eigenvalue weighted by molar-refractivity contribution is 6.01. The summed E-state index contributed by atoms with van der Waals surface area (Å²) in [4.78, 5) is 16.9. The molecular weight excluding hydrogens is 417 g/mol. The Labute approximate surface area is 182 Å². The number of hydrogen-bond donors (Lipinski definition) is 1. The molecule has 162 valence electrons. The van der Waals surface area contributed by atoms with Crippen LogP contribution in [-0.4, -0.2) is 18.0 Å². The third-order valence-corrected chi connectivity index (χ3v) is 5.08. The second kappa shape index (κ2) is 8.70. The lowest BCUT2D eigenvalue weighted by molar-refractivity contribution is -0.136. The molecule has 0 unspecified atom stereocenters. The number of nitrogens with zero attached hydrogens (tertiary/aromatic N) is 1. The van der Waals surface area contributed by atoms with Crippen LogP contribution in [0.3, 0.4) is 0 Å². The van der Waals surface area contributed by atoms with Gasteiger partial charge in [0.15, 0.2) is 0 Å². The predicted molar refractivity (Wildman–Crippen MR) is 118 cm³/mol. The monoisotopic (exact) mass is 436 g/mol. The summed E-state index contributed by atoms with van der Waals surface area (Å²) in [5.41, 5.74) is 1.34. The van der Waals surface area contributed by atoms with Crippen molar-refractivity contribution in [2.75, 3.05) is 12.4 Å². The molecule has 0 atom stereocenters. The van der Waals surface area contributed by atoms with Crippen LogP contribution in [0.5, 0.6) is 5.75 Å². The molecule has 4 rings (SSSR count). The Balaban J connectivity index is 1.80. The van der Waals surface area contributed by atoms with E-state index in [9.17, 15) is 18.0 Å². The highest BCUT2D eigenvalue weighted by atomic mass is 19.4. The largest absolute Gasteiger partial charge is 0.495 e. The number of ether oxygens (including phenoxy) is 1. The number of pyridine rings is 1. The van der Waals surface area contributed by atoms with Gasteiger partial charge in [0.2, 0.25) is 5.91 Å². The molecule has 0 aliphatic rings. The van der Waals surface area contributed by atoms with Crippen LogP contribution in [-0.2, 0) is 17.4 Å². The number of amides is 1. The molecule has 3 aromatic carbocycles. The number of benzene rings is 3. The third kappa shape index (κ3) is 4.27. The lowest BCUT2D eigenvalue weighted by Gasteiger charge is -2.16. The molecule has 4 aromatic rings. The number of fused-ring (bicyclic) bond motifs is 1. The number of rotatable bonds is 5. The fraction of sp³-hybridized carbons (Fsp3) is 0.120. The summed E-state index contributed by atoms with van der Waals surface area (Å²) < 4.78 is 45.9. The average molecular weight is 436 g/mol. The van der Waals surface area contributed by atoms with E-state index in [2.05, 4.69) is 10.3 Å². The first-order chi connectivity index (χ1) is 15.4. The number of anilines is 1. The van der Waals surface area contributed by atoms with E-state index in [1.54, 1.807) is 54.6 Å². The van der Waals surface area contributed by atoms with Gasteiger partial charge in [0.05, 0.1) is 30.3 Å². The lowest BCUT2D eigenvalue weighted by Crippen LogP contribution is -2.16. The summed E-state index contributed by atoms with van der Waals surface area (Å²) in [6.45, 7) is 0. The number of para-hydroxylation sites is 3. The van der Waals surface area contributed by atoms with E-state index < -0.39 is 11.7 Å². The van der Waals surface area contributed by atoms with Crippen LogP contribution in [0.1, 0.15) is 11.1 Å². The van der Waals surface area contributed by atoms with Crippen LogP contribution < -0.4 is 10.1 Å². The normalized spacial score (nSPS) is 11.4. The van der Waals surface area contributed by atoms with Gasteiger partial charge in [-0.05, 0) is 34.9 Å². The summed E-state index contributed by atoms with van der Waals surface area (Å²) in [5, 5.41) is 3.14. The van der Waals surface area contributed by atoms with E-state index in [4.69, 9.17) is 4.74 Å². The minimum absolute atomic E-state index is 0.0680. The standard InChI is InChI=1S/C25H19F3N2O2/c1-32-21-13-6-5-12-20(21)30-22(31)14-17-15-29-24-18(10-7-11-19(24)25(26,27)28)23(17)16-8-3-2-4-9-16/h2-13,15H,14H2,1H3,(H,30,31). The second-order valence-corrected chi connectivity index (χ2v) is 7.15. The van der Waals surface area contributed by atoms with Gasteiger partial charge < -0.3 is 10.1 Å². The fourth-order valence-electron chi connectivity index (χ4n) is 3.69. The van der Waals surface area contributed by atoms with Gasteiger partial charge in [0, 0.05) is 11.6 Å². The second-order valence-electron chi connectivity index (χ2n) is 7.15. The average Bonchev–Trinajstić information content (AvgIpc) is 2.78. The molecule has 4 nitrogen and oxygen atoms in total. The number of carbonyl (C=O) groups is 1. The molecule has 0 radical (unpaired) electrons. The van der Waals surface area contributed by atoms with Crippen molar-refractivity contribution in [2.45, 2.75) is 12.6 Å². The molecule has 1 amide bonds. The first-order valence-corrected chi connectivity index (χ1v) is 9.84. The van der Waals surface area contributed by atoms with Crippen molar-refractivity contribution < 1.29 is 22.7 Å². The molecule has 0 fully saturated rings. The maximum atomic E-state index is 13.6. The zero-order chi connectivity index (χ0) is 22.7. The van der Waals surface area contributed by atoms with E-state index in [0.29, 0.717) is 33.5 Å². The molecule has 0 saturated carbocycles. The molecule has 0 bridgehead atoms. The van der Waals surface area contributed by atoms with Crippen molar-refractivity contribution >= 4 is 22.5 Å². The summed E-state index contributed by atoms with van der Waals surface area (Å²) in [7, 11) is 1.50. The topological polar surface area (TPSA) is 51.2 Å². The van der Waals surface area contributed by atoms with Crippen molar-refractivity contribution in [3.05, 3.63) is 90.1 Å². The number of halogens is 3. The number of carbonyl (C=O) groups excluding carboxylic acids is 1. The molecule has 1 aromatic heterocycles. The van der Waals surface area contributed by atoms with Crippen LogP contribution in [0.25, 0.3) is 22.0 Å². The van der Waals surface area contributed by atoms with Crippen LogP contribution in [0, 0.1) is 0 Å². The zero-order valence-corrected chi connectivity index (χ0v) is 17.1. The van der Waals surface area contributed by atoms with Gasteiger partial charge in [-0.2, -0.15) is 13.2 Å². The Kier molecular flexibility index (Phi) is 5.81. The molecule has 0 saturated heterocycles. The van der Waals surface area contributed by atoms with Crippen molar-refractivity contribution in [1.82, 2.24) is 4.98 Å². The van der Waals surface area contributed by atoms with Gasteiger partial charge in [0.25, 0.3) is 0 Å². The first kappa shape index (κ1) is 21.4. The Morgan fingerprint density at radius 3 is 2.41 bits per heavy atom. The quantitative estimate of drug-likeness (QED) is 0.411. The molecule has 32 heavy (non-hydrogen) atoms. The van der Waals surface area contributed by atoms with Gasteiger partial charge in [-0.3, -0.25) is 9.78 Å². The smallest absolute Gasteiger partial charge is 0.418 e. The number of aromatic nitrogens is 1. The minimum atomic E-state index is -4.54. The van der Waals surface area contributed by atoms with E-state index in [0.717, 1.165) is 6.07 Å². The van der Waals surface area contributed by atoms with E-state index in [-0.39, 0.29) is 17.8 Å². The highest BCUT2D eigenvalue weighted by Gasteiger charge is 2.33. The summed E-state index contributed by atoms with van der Waals surface area (Å²) in [5.74, 6) is 0.176. The third-order valence-electron chi connectivity index (χ3n) is 5.08. The summed E-state index contributed by atoms with van der Waals surface area (Å²) >= 11 is 0. The van der Waals surface area contributed by atoms with Crippen molar-refractivity contribution in [1.29, 1.82) is 0 Å². The Bertz CT molecular complexity index is 1270. The molecule has 7 heteroatoms. The van der Waals surface area contributed by atoms with Gasteiger partial charge in [0.1, 0.15) is 5.75 Å². The molecule has 0 aliphatic heterocycles. The van der Waals surface area contributed by atoms with Crippen LogP contribution >= 0.6 is 0 Å². The molecule has 1 N–H and O–H groups in total. The Morgan fingerprint density at radius 1 is 0.969 bits per heavy atom. The lowest BCUT2D eigenvalue weighted by atomic mass is 9.93. The van der Waals surface area contributed by atoms with Crippen molar-refractivity contribution in [3.8, 4) is 16.9 Å². The molecular formula is C25H19F3N2O2. The van der Waals surface area contributed by atoms with Crippen LogP contribution in [0.15, 0.2) is 79.0 Å². The fourth-order valence-corrected chi connectivity index (χ4v) is 3.69. The number of alkyl halides is 3. The number of hydrogen-bond acceptors (Lipinski definition) is 3. The zero-order valence-electron chi connectivity index (χ0n) is 17.1. The van der Waals surface area contributed by atoms with E-state index in [1.165, 1.54) is 19.4 Å². The van der Waals surface area contributed by atoms with E-state index in [1.807, 2.05) is 6.07 Å². The van der Waals surface area contributed by atoms with Crippen molar-refractivity contribution in [2.24, 2.45) is 0 Å². The minimum Gasteiger partial charge on any atom is -0.495 e. The summed E-state index contributed by atoms with van der Waals surface area (Å²) in [6, 6.07) is 20.0. The predicted octanol–water partition coefficient (Wildman–Crippen LogP) is 6.11. The van der Waals surface area contributed by atoms with Crippen molar-refractivity contribution in [3.63, 3.8) is 0 Å². The molecule has 0 aliphatic carbocycles.